The average Bonchev–Trinajstić information content (AvgIpc) is 2.18. The molecule has 1 rings (SSSR count). The third-order valence-electron chi connectivity index (χ3n) is 2.15. The van der Waals surface area contributed by atoms with E-state index in [1.165, 1.54) is 5.56 Å². The minimum absolute atomic E-state index is 0.442. The van der Waals surface area contributed by atoms with Crippen molar-refractivity contribution in [2.24, 2.45) is 5.73 Å². The van der Waals surface area contributed by atoms with E-state index in [0.29, 0.717) is 5.82 Å². The molecule has 0 radical (unpaired) electrons. The van der Waals surface area contributed by atoms with E-state index in [4.69, 9.17) is 5.73 Å². The minimum Gasteiger partial charge on any atom is -0.386 e. The second-order valence-corrected chi connectivity index (χ2v) is 4.02. The third kappa shape index (κ3) is 3.47. The van der Waals surface area contributed by atoms with Crippen molar-refractivity contribution < 1.29 is 0 Å². The molecule has 0 aromatic heterocycles. The lowest BCUT2D eigenvalue weighted by Gasteiger charge is -2.15. The van der Waals surface area contributed by atoms with Crippen LogP contribution in [0.3, 0.4) is 0 Å². The summed E-state index contributed by atoms with van der Waals surface area (Å²) in [4.78, 5) is 2.13. The van der Waals surface area contributed by atoms with Crippen LogP contribution >= 0.6 is 0 Å². The van der Waals surface area contributed by atoms with Crippen molar-refractivity contribution in [1.29, 1.82) is 0 Å². The number of nitrogens with two attached hydrogens (primary N) is 1. The van der Waals surface area contributed by atoms with E-state index >= 15 is 0 Å². The topological polar surface area (TPSA) is 53.3 Å². The fourth-order valence-corrected chi connectivity index (χ4v) is 1.54. The van der Waals surface area contributed by atoms with Gasteiger partial charge in [-0.15, -0.1) is 0 Å². The fraction of sp³-hybridized carbons (Fsp3) is 0.333. The monoisotopic (exact) mass is 220 g/mol. The van der Waals surface area contributed by atoms with Crippen molar-refractivity contribution >= 4 is 11.4 Å². The maximum absolute atomic E-state index is 5.53. The van der Waals surface area contributed by atoms with Crippen molar-refractivity contribution in [3.05, 3.63) is 36.2 Å². The number of anilines is 2. The van der Waals surface area contributed by atoms with E-state index in [1.807, 2.05) is 27.2 Å². The molecule has 4 heteroatoms. The van der Waals surface area contributed by atoms with Crippen LogP contribution in [0.15, 0.2) is 30.6 Å². The number of hydrogen-bond acceptors (Lipinski definition) is 4. The molecule has 88 valence electrons. The van der Waals surface area contributed by atoms with Gasteiger partial charge in [-0.25, -0.2) is 0 Å². The molecule has 0 heterocycles. The SMILES string of the molecule is C=C(N)Nc1ccc(CN(C)C)cc1NC. The normalized spacial score (nSPS) is 10.2. The molecule has 0 aliphatic carbocycles. The minimum atomic E-state index is 0.442. The largest absolute Gasteiger partial charge is 0.386 e. The van der Waals surface area contributed by atoms with Gasteiger partial charge < -0.3 is 21.3 Å². The van der Waals surface area contributed by atoms with Crippen molar-refractivity contribution in [3.63, 3.8) is 0 Å². The molecular formula is C12H20N4. The summed E-state index contributed by atoms with van der Waals surface area (Å²) in [5, 5.41) is 6.15. The van der Waals surface area contributed by atoms with Gasteiger partial charge in [-0.3, -0.25) is 0 Å². The van der Waals surface area contributed by atoms with E-state index in [1.54, 1.807) is 0 Å². The third-order valence-corrected chi connectivity index (χ3v) is 2.15. The van der Waals surface area contributed by atoms with Crippen LogP contribution in [0.4, 0.5) is 11.4 Å². The molecular weight excluding hydrogens is 200 g/mol. The van der Waals surface area contributed by atoms with Crippen LogP contribution in [0.1, 0.15) is 5.56 Å². The number of rotatable bonds is 5. The van der Waals surface area contributed by atoms with Gasteiger partial charge in [0, 0.05) is 13.6 Å². The van der Waals surface area contributed by atoms with Gasteiger partial charge in [0.15, 0.2) is 0 Å². The predicted octanol–water partition coefficient (Wildman–Crippen LogP) is 1.63. The lowest BCUT2D eigenvalue weighted by molar-refractivity contribution is 0.402. The molecule has 0 amide bonds. The Bertz CT molecular complexity index is 371. The number of hydrogen-bond donors (Lipinski definition) is 3. The molecule has 4 nitrogen and oxygen atoms in total. The highest BCUT2D eigenvalue weighted by Gasteiger charge is 2.03. The first-order valence-corrected chi connectivity index (χ1v) is 5.19. The van der Waals surface area contributed by atoms with Crippen LogP contribution in [0.2, 0.25) is 0 Å². The summed E-state index contributed by atoms with van der Waals surface area (Å²) < 4.78 is 0. The molecule has 0 bridgehead atoms. The van der Waals surface area contributed by atoms with Crippen LogP contribution in [-0.4, -0.2) is 26.0 Å². The zero-order chi connectivity index (χ0) is 12.1. The first-order chi connectivity index (χ1) is 7.52. The lowest BCUT2D eigenvalue weighted by atomic mass is 10.1. The second-order valence-electron chi connectivity index (χ2n) is 4.02. The summed E-state index contributed by atoms with van der Waals surface area (Å²) in [5.41, 5.74) is 8.74. The molecule has 0 aliphatic rings. The smallest absolute Gasteiger partial charge is 0.0931 e. The zero-order valence-corrected chi connectivity index (χ0v) is 10.2. The van der Waals surface area contributed by atoms with Gasteiger partial charge in [-0.2, -0.15) is 0 Å². The van der Waals surface area contributed by atoms with Gasteiger partial charge in [0.2, 0.25) is 0 Å². The summed E-state index contributed by atoms with van der Waals surface area (Å²) in [6.45, 7) is 4.54. The highest BCUT2D eigenvalue weighted by Crippen LogP contribution is 2.23. The van der Waals surface area contributed by atoms with Gasteiger partial charge >= 0.3 is 0 Å². The molecule has 0 saturated heterocycles. The van der Waals surface area contributed by atoms with Crippen molar-refractivity contribution in [2.75, 3.05) is 31.8 Å². The van der Waals surface area contributed by atoms with Crippen LogP contribution < -0.4 is 16.4 Å². The van der Waals surface area contributed by atoms with E-state index < -0.39 is 0 Å². The molecule has 0 saturated carbocycles. The van der Waals surface area contributed by atoms with E-state index in [-0.39, 0.29) is 0 Å². The first kappa shape index (κ1) is 12.4. The first-order valence-electron chi connectivity index (χ1n) is 5.19. The van der Waals surface area contributed by atoms with Crippen LogP contribution in [0, 0.1) is 0 Å². The Kier molecular flexibility index (Phi) is 4.19. The summed E-state index contributed by atoms with van der Waals surface area (Å²) in [7, 11) is 5.99. The number of benzene rings is 1. The Hall–Kier alpha value is -1.68. The molecule has 4 N–H and O–H groups in total. The Morgan fingerprint density at radius 2 is 2.06 bits per heavy atom. The average molecular weight is 220 g/mol. The van der Waals surface area contributed by atoms with Gasteiger partial charge in [0.05, 0.1) is 17.2 Å². The fourth-order valence-electron chi connectivity index (χ4n) is 1.54. The maximum atomic E-state index is 5.53. The van der Waals surface area contributed by atoms with Gasteiger partial charge in [-0.05, 0) is 31.8 Å². The van der Waals surface area contributed by atoms with Gasteiger partial charge in [0.25, 0.3) is 0 Å². The zero-order valence-electron chi connectivity index (χ0n) is 10.2. The Labute approximate surface area is 97.1 Å². The number of nitrogens with zero attached hydrogens (tertiary/aromatic N) is 1. The molecule has 0 fully saturated rings. The highest BCUT2D eigenvalue weighted by atomic mass is 15.1. The van der Waals surface area contributed by atoms with Crippen molar-refractivity contribution in [2.45, 2.75) is 6.54 Å². The molecule has 1 aromatic rings. The molecule has 1 aromatic carbocycles. The molecule has 16 heavy (non-hydrogen) atoms. The second kappa shape index (κ2) is 5.42. The molecule has 0 atom stereocenters. The lowest BCUT2D eigenvalue weighted by Crippen LogP contribution is -2.12. The maximum Gasteiger partial charge on any atom is 0.0931 e. The summed E-state index contributed by atoms with van der Waals surface area (Å²) in [6, 6.07) is 6.18. The molecule has 0 spiro atoms. The highest BCUT2D eigenvalue weighted by molar-refractivity contribution is 5.71. The van der Waals surface area contributed by atoms with Crippen LogP contribution in [0.25, 0.3) is 0 Å². The van der Waals surface area contributed by atoms with Gasteiger partial charge in [0.1, 0.15) is 0 Å². The van der Waals surface area contributed by atoms with Crippen molar-refractivity contribution in [1.82, 2.24) is 4.90 Å². The van der Waals surface area contributed by atoms with Crippen molar-refractivity contribution in [3.8, 4) is 0 Å². The quantitative estimate of drug-likeness (QED) is 0.706. The standard InChI is InChI=1S/C12H20N4/c1-9(13)15-11-6-5-10(8-16(3)4)7-12(11)14-2/h5-7,14-15H,1,8,13H2,2-4H3. The molecule has 0 unspecified atom stereocenters. The van der Waals surface area contributed by atoms with E-state index in [2.05, 4.69) is 34.2 Å². The summed E-state index contributed by atoms with van der Waals surface area (Å²) in [6.07, 6.45) is 0. The Balaban J connectivity index is 2.92. The van der Waals surface area contributed by atoms with Crippen LogP contribution in [0.5, 0.6) is 0 Å². The summed E-state index contributed by atoms with van der Waals surface area (Å²) >= 11 is 0. The van der Waals surface area contributed by atoms with E-state index in [0.717, 1.165) is 17.9 Å². The predicted molar refractivity (Wildman–Crippen MR) is 70.3 cm³/mol. The van der Waals surface area contributed by atoms with Crippen LogP contribution in [-0.2, 0) is 6.54 Å². The van der Waals surface area contributed by atoms with E-state index in [9.17, 15) is 0 Å². The number of nitrogens with one attached hydrogen (secondary N) is 2. The Morgan fingerprint density at radius 1 is 1.38 bits per heavy atom. The molecule has 0 aliphatic heterocycles. The van der Waals surface area contributed by atoms with Gasteiger partial charge in [-0.1, -0.05) is 12.6 Å². The Morgan fingerprint density at radius 3 is 2.56 bits per heavy atom. The summed E-state index contributed by atoms with van der Waals surface area (Å²) in [5.74, 6) is 0.442.